The van der Waals surface area contributed by atoms with Crippen molar-refractivity contribution in [1.82, 2.24) is 9.97 Å². The maximum atomic E-state index is 5.73. The second-order valence-electron chi connectivity index (χ2n) is 4.16. The summed E-state index contributed by atoms with van der Waals surface area (Å²) >= 11 is 1.54. The summed E-state index contributed by atoms with van der Waals surface area (Å²) in [6.07, 6.45) is 0. The van der Waals surface area contributed by atoms with Gasteiger partial charge in [0.1, 0.15) is 16.4 Å². The topological polar surface area (TPSA) is 73.1 Å². The van der Waals surface area contributed by atoms with Crippen molar-refractivity contribution in [2.75, 3.05) is 17.7 Å². The summed E-state index contributed by atoms with van der Waals surface area (Å²) in [5, 5.41) is 6.20. The third-order valence-corrected chi connectivity index (χ3v) is 3.56. The molecule has 0 fully saturated rings. The number of anilines is 3. The summed E-state index contributed by atoms with van der Waals surface area (Å²) in [7, 11) is 0. The number of hydrogen-bond acceptors (Lipinski definition) is 6. The van der Waals surface area contributed by atoms with E-state index in [0.717, 1.165) is 21.7 Å². The third kappa shape index (κ3) is 2.50. The van der Waals surface area contributed by atoms with Crippen molar-refractivity contribution in [2.24, 2.45) is 0 Å². The third-order valence-electron chi connectivity index (χ3n) is 2.75. The molecule has 102 valence electrons. The zero-order valence-electron chi connectivity index (χ0n) is 11.0. The smallest absolute Gasteiger partial charge is 0.223 e. The van der Waals surface area contributed by atoms with E-state index >= 15 is 0 Å². The maximum Gasteiger partial charge on any atom is 0.223 e. The lowest BCUT2D eigenvalue weighted by molar-refractivity contribution is 0.340. The molecule has 0 bridgehead atoms. The number of ether oxygens (including phenoxy) is 1. The first-order valence-corrected chi connectivity index (χ1v) is 7.15. The van der Waals surface area contributed by atoms with Crippen molar-refractivity contribution in [3.8, 4) is 5.75 Å². The second kappa shape index (κ2) is 5.34. The van der Waals surface area contributed by atoms with Crippen LogP contribution in [0.1, 0.15) is 6.92 Å². The van der Waals surface area contributed by atoms with Gasteiger partial charge < -0.3 is 15.8 Å². The fraction of sp³-hybridized carbons (Fsp3) is 0.143. The van der Waals surface area contributed by atoms with E-state index in [9.17, 15) is 0 Å². The van der Waals surface area contributed by atoms with Crippen molar-refractivity contribution in [1.29, 1.82) is 0 Å². The molecule has 3 N–H and O–H groups in total. The fourth-order valence-electron chi connectivity index (χ4n) is 1.93. The highest BCUT2D eigenvalue weighted by molar-refractivity contribution is 7.16. The number of nitrogens with two attached hydrogens (primary N) is 1. The van der Waals surface area contributed by atoms with Crippen molar-refractivity contribution in [3.05, 3.63) is 35.7 Å². The number of thiophene rings is 1. The van der Waals surface area contributed by atoms with E-state index in [4.69, 9.17) is 10.5 Å². The van der Waals surface area contributed by atoms with Gasteiger partial charge in [-0.25, -0.2) is 4.98 Å². The maximum absolute atomic E-state index is 5.73. The van der Waals surface area contributed by atoms with Crippen LogP contribution >= 0.6 is 11.3 Å². The quantitative estimate of drug-likeness (QED) is 0.769. The highest BCUT2D eigenvalue weighted by Crippen LogP contribution is 2.29. The van der Waals surface area contributed by atoms with Crippen LogP contribution < -0.4 is 15.8 Å². The number of nitrogens with one attached hydrogen (secondary N) is 1. The molecule has 5 nitrogen and oxygen atoms in total. The number of fused-ring (bicyclic) bond motifs is 1. The molecular weight excluding hydrogens is 272 g/mol. The standard InChI is InChI=1S/C14H14N4OS/c1-2-19-10-5-3-4-9(8-10)16-12-11-6-7-20-13(11)18-14(15)17-12/h3-8H,2H2,1H3,(H3,15,16,17,18). The first kappa shape index (κ1) is 12.7. The molecule has 0 amide bonds. The average Bonchev–Trinajstić information content (AvgIpc) is 2.87. The van der Waals surface area contributed by atoms with Crippen LogP contribution in [0, 0.1) is 0 Å². The molecule has 2 aromatic heterocycles. The number of rotatable bonds is 4. The minimum absolute atomic E-state index is 0.267. The number of aromatic nitrogens is 2. The summed E-state index contributed by atoms with van der Waals surface area (Å²) < 4.78 is 5.49. The van der Waals surface area contributed by atoms with Crippen LogP contribution in [0.25, 0.3) is 10.2 Å². The van der Waals surface area contributed by atoms with Crippen LogP contribution in [-0.4, -0.2) is 16.6 Å². The monoisotopic (exact) mass is 286 g/mol. The lowest BCUT2D eigenvalue weighted by atomic mass is 10.3. The van der Waals surface area contributed by atoms with Crippen LogP contribution in [0.4, 0.5) is 17.5 Å². The molecule has 0 radical (unpaired) electrons. The number of benzene rings is 1. The molecule has 0 spiro atoms. The Morgan fingerprint density at radius 3 is 3.05 bits per heavy atom. The summed E-state index contributed by atoms with van der Waals surface area (Å²) in [5.74, 6) is 1.80. The van der Waals surface area contributed by atoms with E-state index in [0.29, 0.717) is 12.4 Å². The highest BCUT2D eigenvalue weighted by atomic mass is 32.1. The highest BCUT2D eigenvalue weighted by Gasteiger charge is 2.08. The van der Waals surface area contributed by atoms with E-state index in [2.05, 4.69) is 15.3 Å². The van der Waals surface area contributed by atoms with Gasteiger partial charge in [-0.3, -0.25) is 0 Å². The van der Waals surface area contributed by atoms with E-state index in [1.165, 1.54) is 0 Å². The Morgan fingerprint density at radius 1 is 1.30 bits per heavy atom. The normalized spacial score (nSPS) is 10.7. The van der Waals surface area contributed by atoms with Crippen molar-refractivity contribution in [3.63, 3.8) is 0 Å². The van der Waals surface area contributed by atoms with Gasteiger partial charge in [-0.05, 0) is 30.5 Å². The summed E-state index contributed by atoms with van der Waals surface area (Å²) in [6.45, 7) is 2.60. The van der Waals surface area contributed by atoms with Crippen molar-refractivity contribution >= 4 is 39.0 Å². The molecule has 0 aliphatic heterocycles. The predicted octanol–water partition coefficient (Wildman–Crippen LogP) is 3.42. The molecule has 2 heterocycles. The van der Waals surface area contributed by atoms with Gasteiger partial charge in [0.2, 0.25) is 5.95 Å². The molecule has 0 aliphatic carbocycles. The molecule has 6 heteroatoms. The van der Waals surface area contributed by atoms with Crippen LogP contribution in [0.2, 0.25) is 0 Å². The molecule has 1 aromatic carbocycles. The lowest BCUT2D eigenvalue weighted by Gasteiger charge is -2.09. The van der Waals surface area contributed by atoms with Crippen LogP contribution in [0.15, 0.2) is 35.7 Å². The molecule has 3 rings (SSSR count). The fourth-order valence-corrected chi connectivity index (χ4v) is 2.71. The molecule has 0 saturated heterocycles. The van der Waals surface area contributed by atoms with Crippen molar-refractivity contribution in [2.45, 2.75) is 6.92 Å². The molecule has 0 atom stereocenters. The molecule has 0 saturated carbocycles. The summed E-state index contributed by atoms with van der Waals surface area (Å²) in [4.78, 5) is 9.35. The van der Waals surface area contributed by atoms with Gasteiger partial charge in [0.25, 0.3) is 0 Å². The van der Waals surface area contributed by atoms with Gasteiger partial charge in [-0.2, -0.15) is 4.98 Å². The SMILES string of the molecule is CCOc1cccc(Nc2nc(N)nc3sccc23)c1. The van der Waals surface area contributed by atoms with Gasteiger partial charge in [-0.15, -0.1) is 11.3 Å². The Labute approximate surface area is 120 Å². The van der Waals surface area contributed by atoms with Crippen LogP contribution in [0.3, 0.4) is 0 Å². The Kier molecular flexibility index (Phi) is 3.39. The van der Waals surface area contributed by atoms with Gasteiger partial charge in [0, 0.05) is 11.8 Å². The molecule has 0 unspecified atom stereocenters. The Morgan fingerprint density at radius 2 is 2.20 bits per heavy atom. The van der Waals surface area contributed by atoms with Gasteiger partial charge in [0.05, 0.1) is 12.0 Å². The molecule has 3 aromatic rings. The predicted molar refractivity (Wildman–Crippen MR) is 82.7 cm³/mol. The summed E-state index contributed by atoms with van der Waals surface area (Å²) in [5.41, 5.74) is 6.64. The van der Waals surface area contributed by atoms with E-state index in [1.54, 1.807) is 11.3 Å². The number of hydrogen-bond donors (Lipinski definition) is 2. The second-order valence-corrected chi connectivity index (χ2v) is 5.05. The number of nitrogen functional groups attached to an aromatic ring is 1. The lowest BCUT2D eigenvalue weighted by Crippen LogP contribution is -2.00. The Hall–Kier alpha value is -2.34. The van der Waals surface area contributed by atoms with Crippen LogP contribution in [0.5, 0.6) is 5.75 Å². The Bertz CT molecular complexity index is 741. The minimum Gasteiger partial charge on any atom is -0.494 e. The zero-order valence-corrected chi connectivity index (χ0v) is 11.8. The summed E-state index contributed by atoms with van der Waals surface area (Å²) in [6, 6.07) is 9.72. The zero-order chi connectivity index (χ0) is 13.9. The van der Waals surface area contributed by atoms with Crippen molar-refractivity contribution < 1.29 is 4.74 Å². The average molecular weight is 286 g/mol. The van der Waals surface area contributed by atoms with E-state index in [1.807, 2.05) is 42.6 Å². The first-order chi connectivity index (χ1) is 9.76. The minimum atomic E-state index is 0.267. The van der Waals surface area contributed by atoms with E-state index in [-0.39, 0.29) is 5.95 Å². The molecular formula is C14H14N4OS. The molecule has 0 aliphatic rings. The largest absolute Gasteiger partial charge is 0.494 e. The Balaban J connectivity index is 1.96. The van der Waals surface area contributed by atoms with Gasteiger partial charge in [-0.1, -0.05) is 6.07 Å². The van der Waals surface area contributed by atoms with Gasteiger partial charge in [0.15, 0.2) is 0 Å². The first-order valence-electron chi connectivity index (χ1n) is 6.27. The van der Waals surface area contributed by atoms with Gasteiger partial charge >= 0.3 is 0 Å². The molecule has 20 heavy (non-hydrogen) atoms. The van der Waals surface area contributed by atoms with Crippen LogP contribution in [-0.2, 0) is 0 Å². The van der Waals surface area contributed by atoms with E-state index < -0.39 is 0 Å². The number of nitrogens with zero attached hydrogens (tertiary/aromatic N) is 2.